The number of hydrogen-bond donors (Lipinski definition) is 1. The van der Waals surface area contributed by atoms with Gasteiger partial charge in [0.05, 0.1) is 17.2 Å². The first-order valence-electron chi connectivity index (χ1n) is 15.8. The first-order valence-corrected chi connectivity index (χ1v) is 16.2. The Hall–Kier alpha value is -4.16. The van der Waals surface area contributed by atoms with Crippen LogP contribution in [0.1, 0.15) is 43.4 Å². The Kier molecular flexibility index (Phi) is 9.17. The summed E-state index contributed by atoms with van der Waals surface area (Å²) in [7, 11) is 1.95. The van der Waals surface area contributed by atoms with E-state index in [4.69, 9.17) is 16.6 Å². The Morgan fingerprint density at radius 2 is 1.83 bits per heavy atom. The average molecular weight is 668 g/mol. The van der Waals surface area contributed by atoms with Gasteiger partial charge in [-0.05, 0) is 56.6 Å². The number of amides is 1. The Balaban J connectivity index is 1.45. The monoisotopic (exact) mass is 667 g/mol. The van der Waals surface area contributed by atoms with Crippen molar-refractivity contribution in [3.63, 3.8) is 0 Å². The zero-order valence-corrected chi connectivity index (χ0v) is 27.3. The number of aryl methyl sites for hydroxylation is 1. The van der Waals surface area contributed by atoms with E-state index >= 15 is 0 Å². The number of fused-ring (bicyclic) bond motifs is 1. The highest BCUT2D eigenvalue weighted by Gasteiger charge is 2.36. The summed E-state index contributed by atoms with van der Waals surface area (Å²) < 4.78 is 44.5. The highest BCUT2D eigenvalue weighted by atomic mass is 35.5. The number of nitrogens with zero attached hydrogens (tertiary/aromatic N) is 6. The molecule has 2 saturated heterocycles. The summed E-state index contributed by atoms with van der Waals surface area (Å²) in [5.74, 6) is 0.0521. The number of likely N-dealkylation sites (N-methyl/N-ethyl adjacent to an activating group) is 1. The highest BCUT2D eigenvalue weighted by Crippen LogP contribution is 2.39. The third kappa shape index (κ3) is 6.53. The van der Waals surface area contributed by atoms with Crippen LogP contribution in [0.15, 0.2) is 53.5 Å². The van der Waals surface area contributed by atoms with Crippen LogP contribution >= 0.6 is 11.6 Å². The van der Waals surface area contributed by atoms with Crippen molar-refractivity contribution in [2.75, 3.05) is 56.5 Å². The number of rotatable bonds is 6. The summed E-state index contributed by atoms with van der Waals surface area (Å²) in [5, 5.41) is 3.98. The Labute approximate surface area is 276 Å². The minimum absolute atomic E-state index is 0.00274. The van der Waals surface area contributed by atoms with E-state index < -0.39 is 11.7 Å². The molecule has 248 valence electrons. The molecule has 2 aromatic heterocycles. The van der Waals surface area contributed by atoms with E-state index in [9.17, 15) is 22.8 Å². The van der Waals surface area contributed by atoms with E-state index in [0.717, 1.165) is 6.07 Å². The van der Waals surface area contributed by atoms with Crippen molar-refractivity contribution in [2.24, 2.45) is 0 Å². The molecule has 6 rings (SSSR count). The molecule has 0 bridgehead atoms. The van der Waals surface area contributed by atoms with Crippen molar-refractivity contribution >= 4 is 45.9 Å². The fourth-order valence-corrected chi connectivity index (χ4v) is 6.85. The normalized spacial score (nSPS) is 17.7. The summed E-state index contributed by atoms with van der Waals surface area (Å²) in [5.41, 5.74) is 1.22. The van der Waals surface area contributed by atoms with Crippen molar-refractivity contribution in [3.05, 3.63) is 75.2 Å². The lowest BCUT2D eigenvalue weighted by Gasteiger charge is -2.35. The molecule has 1 unspecified atom stereocenters. The minimum Gasteiger partial charge on any atom is -0.368 e. The predicted octanol–water partition coefficient (Wildman–Crippen LogP) is 6.51. The number of piperazine rings is 1. The fraction of sp³-hybridized carbons (Fsp3) is 0.412. The van der Waals surface area contributed by atoms with Gasteiger partial charge < -0.3 is 20.0 Å². The number of alkyl halides is 3. The second-order valence-electron chi connectivity index (χ2n) is 12.2. The molecular weight excluding hydrogens is 631 g/mol. The van der Waals surface area contributed by atoms with Gasteiger partial charge in [0.15, 0.2) is 0 Å². The lowest BCUT2D eigenvalue weighted by atomic mass is 9.98. The van der Waals surface area contributed by atoms with Crippen molar-refractivity contribution < 1.29 is 18.0 Å². The van der Waals surface area contributed by atoms with Crippen LogP contribution in [-0.2, 0) is 11.0 Å². The quantitative estimate of drug-likeness (QED) is 0.251. The Bertz CT molecular complexity index is 1870. The number of carbonyl (C=O) groups excluding carboxylic acids is 1. The second kappa shape index (κ2) is 13.2. The van der Waals surface area contributed by atoms with Gasteiger partial charge in [0, 0.05) is 79.2 Å². The van der Waals surface area contributed by atoms with Crippen LogP contribution in [0.4, 0.5) is 30.5 Å². The lowest BCUT2D eigenvalue weighted by Crippen LogP contribution is -2.45. The van der Waals surface area contributed by atoms with Crippen LogP contribution in [0, 0.1) is 6.92 Å². The Morgan fingerprint density at radius 1 is 1.09 bits per heavy atom. The van der Waals surface area contributed by atoms with Gasteiger partial charge in [-0.25, -0.2) is 4.98 Å². The number of pyridine rings is 1. The number of nitrogens with one attached hydrogen (secondary N) is 1. The van der Waals surface area contributed by atoms with Crippen molar-refractivity contribution in [1.29, 1.82) is 0 Å². The maximum atomic E-state index is 14.4. The van der Waals surface area contributed by atoms with Gasteiger partial charge in [-0.3, -0.25) is 14.2 Å². The number of likely N-dealkylation sites (tertiary alicyclic amines) is 1. The summed E-state index contributed by atoms with van der Waals surface area (Å²) in [6.07, 6.45) is -1.29. The van der Waals surface area contributed by atoms with Gasteiger partial charge in [-0.2, -0.15) is 18.2 Å². The van der Waals surface area contributed by atoms with Gasteiger partial charge in [0.25, 0.3) is 5.56 Å². The molecule has 1 atom stereocenters. The van der Waals surface area contributed by atoms with E-state index in [1.54, 1.807) is 44.8 Å². The van der Waals surface area contributed by atoms with Crippen LogP contribution in [0.2, 0.25) is 5.02 Å². The van der Waals surface area contributed by atoms with Crippen molar-refractivity contribution in [2.45, 2.75) is 45.3 Å². The molecule has 47 heavy (non-hydrogen) atoms. The first-order chi connectivity index (χ1) is 22.5. The second-order valence-corrected chi connectivity index (χ2v) is 12.6. The van der Waals surface area contributed by atoms with Gasteiger partial charge in [0.2, 0.25) is 11.9 Å². The smallest absolute Gasteiger partial charge is 0.368 e. The van der Waals surface area contributed by atoms with Gasteiger partial charge in [-0.1, -0.05) is 36.7 Å². The van der Waals surface area contributed by atoms with E-state index in [-0.39, 0.29) is 34.8 Å². The van der Waals surface area contributed by atoms with Crippen LogP contribution in [-0.4, -0.2) is 76.6 Å². The first kappa shape index (κ1) is 32.8. The molecule has 2 aliphatic heterocycles. The molecule has 1 N–H and O–H groups in total. The fourth-order valence-electron chi connectivity index (χ4n) is 6.62. The van der Waals surface area contributed by atoms with Crippen LogP contribution in [0.5, 0.6) is 0 Å². The van der Waals surface area contributed by atoms with Crippen LogP contribution in [0.3, 0.4) is 0 Å². The van der Waals surface area contributed by atoms with E-state index in [1.165, 1.54) is 6.07 Å². The summed E-state index contributed by atoms with van der Waals surface area (Å²) >= 11 is 6.58. The molecule has 9 nitrogen and oxygen atoms in total. The van der Waals surface area contributed by atoms with E-state index in [1.807, 2.05) is 27.0 Å². The Morgan fingerprint density at radius 3 is 2.53 bits per heavy atom. The summed E-state index contributed by atoms with van der Waals surface area (Å²) in [6, 6.07) is 10.9. The number of halogens is 4. The molecule has 2 aliphatic rings. The zero-order valence-electron chi connectivity index (χ0n) is 26.6. The van der Waals surface area contributed by atoms with Crippen molar-refractivity contribution in [3.8, 4) is 11.1 Å². The number of aromatic nitrogens is 3. The molecule has 2 aromatic carbocycles. The SMILES string of the molecule is CCC(=O)N1CCCC(n2c(=O)c(-c3ccccc3Cl)c(C)c3cnc(Nc4ccc(N5CCN(C)CC5)c(C(F)(F)F)c4)nc32)C1. The zero-order chi connectivity index (χ0) is 33.5. The number of benzene rings is 2. The van der Waals surface area contributed by atoms with E-state index in [0.29, 0.717) is 91.3 Å². The molecule has 0 radical (unpaired) electrons. The van der Waals surface area contributed by atoms with Gasteiger partial charge in [0.1, 0.15) is 5.65 Å². The molecule has 4 heterocycles. The molecule has 0 spiro atoms. The standard InChI is InChI=1S/C34H37ClF3N7O2/c1-4-29(46)44-13-7-8-23(20-44)45-31-25(21(2)30(32(45)47)24-9-5-6-10-27(24)35)19-39-33(41-31)40-22-11-12-28(26(18-22)34(36,37)38)43-16-14-42(3)15-17-43/h5-6,9-12,18-19,23H,4,7-8,13-17,20H2,1-3H3,(H,39,40,41). The summed E-state index contributed by atoms with van der Waals surface area (Å²) in [4.78, 5) is 41.9. The minimum atomic E-state index is -4.57. The molecule has 0 aliphatic carbocycles. The lowest BCUT2D eigenvalue weighted by molar-refractivity contribution is -0.137. The highest BCUT2D eigenvalue weighted by molar-refractivity contribution is 6.33. The summed E-state index contributed by atoms with van der Waals surface area (Å²) in [6.45, 7) is 6.89. The van der Waals surface area contributed by atoms with Crippen LogP contribution < -0.4 is 15.8 Å². The molecule has 1 amide bonds. The molecule has 2 fully saturated rings. The molecular formula is C34H37ClF3N7O2. The third-order valence-corrected chi connectivity index (χ3v) is 9.50. The number of piperidine rings is 1. The van der Waals surface area contributed by atoms with Gasteiger partial charge >= 0.3 is 6.18 Å². The topological polar surface area (TPSA) is 86.6 Å². The maximum absolute atomic E-state index is 14.4. The molecule has 4 aromatic rings. The molecule has 13 heteroatoms. The number of hydrogen-bond acceptors (Lipinski definition) is 7. The van der Waals surface area contributed by atoms with Crippen LogP contribution in [0.25, 0.3) is 22.2 Å². The van der Waals surface area contributed by atoms with Crippen molar-refractivity contribution in [1.82, 2.24) is 24.3 Å². The third-order valence-electron chi connectivity index (χ3n) is 9.17. The predicted molar refractivity (Wildman–Crippen MR) is 179 cm³/mol. The largest absolute Gasteiger partial charge is 0.418 e. The maximum Gasteiger partial charge on any atom is 0.418 e. The van der Waals surface area contributed by atoms with E-state index in [2.05, 4.69) is 15.2 Å². The molecule has 0 saturated carbocycles. The number of anilines is 3. The van der Waals surface area contributed by atoms with Gasteiger partial charge in [-0.15, -0.1) is 0 Å². The average Bonchev–Trinajstić information content (AvgIpc) is 3.05. The number of carbonyl (C=O) groups is 1.